The van der Waals surface area contributed by atoms with E-state index in [9.17, 15) is 28.8 Å². The minimum Gasteiger partial charge on any atom is -0.480 e. The molecule has 0 fully saturated rings. The van der Waals surface area contributed by atoms with Gasteiger partial charge in [0.25, 0.3) is 5.91 Å². The van der Waals surface area contributed by atoms with Gasteiger partial charge in [-0.1, -0.05) is 42.4 Å². The summed E-state index contributed by atoms with van der Waals surface area (Å²) in [5.74, 6) is -4.24. The molecule has 0 heterocycles. The van der Waals surface area contributed by atoms with Gasteiger partial charge in [0.2, 0.25) is 17.7 Å². The molecule has 0 aromatic rings. The van der Waals surface area contributed by atoms with Gasteiger partial charge in [0.15, 0.2) is 6.61 Å². The van der Waals surface area contributed by atoms with Crippen LogP contribution in [0.2, 0.25) is 0 Å². The van der Waals surface area contributed by atoms with Crippen LogP contribution in [0.3, 0.4) is 0 Å². The topological polar surface area (TPSA) is 171 Å². The number of hydrogen-bond donors (Lipinski definition) is 4. The smallest absolute Gasteiger partial charge is 0.326 e. The Morgan fingerprint density at radius 1 is 1.06 bits per heavy atom. The number of aliphatic carboxylic acids is 1. The molecule has 0 saturated heterocycles. The van der Waals surface area contributed by atoms with Crippen molar-refractivity contribution < 1.29 is 38.6 Å². The van der Waals surface area contributed by atoms with Gasteiger partial charge < -0.3 is 30.7 Å². The first-order chi connectivity index (χ1) is 15.1. The minimum absolute atomic E-state index is 0.0904. The van der Waals surface area contributed by atoms with Crippen molar-refractivity contribution in [2.75, 3.05) is 32.5 Å². The summed E-state index contributed by atoms with van der Waals surface area (Å²) in [6.45, 7) is 7.00. The van der Waals surface area contributed by atoms with Crippen LogP contribution in [0.15, 0.2) is 0 Å². The van der Waals surface area contributed by atoms with E-state index < -0.39 is 60.8 Å². The monoisotopic (exact) mass is 508 g/mol. The van der Waals surface area contributed by atoms with Crippen LogP contribution < -0.4 is 16.0 Å². The SMILES string of the molecule is CC(=O)NCC(=O)NC(CSSC(C)(C)C)C(=O)N(C)CC(=O)OCC(=O)NC(C)C(=O)O. The number of hydrogen-bond acceptors (Lipinski definition) is 9. The molecule has 0 bridgehead atoms. The van der Waals surface area contributed by atoms with Crippen LogP contribution in [0.25, 0.3) is 0 Å². The fourth-order valence-corrected chi connectivity index (χ4v) is 4.43. The molecule has 0 rings (SSSR count). The number of rotatable bonds is 13. The molecule has 0 aliphatic carbocycles. The predicted molar refractivity (Wildman–Crippen MR) is 124 cm³/mol. The van der Waals surface area contributed by atoms with Gasteiger partial charge in [-0.25, -0.2) is 0 Å². The van der Waals surface area contributed by atoms with Gasteiger partial charge in [-0.2, -0.15) is 0 Å². The number of likely N-dealkylation sites (N-methyl/N-ethyl adjacent to an activating group) is 1. The lowest BCUT2D eigenvalue weighted by Gasteiger charge is -2.25. The molecule has 0 saturated carbocycles. The number of ether oxygens (including phenoxy) is 1. The van der Waals surface area contributed by atoms with E-state index in [1.165, 1.54) is 42.5 Å². The van der Waals surface area contributed by atoms with E-state index in [1.54, 1.807) is 0 Å². The molecule has 2 atom stereocenters. The van der Waals surface area contributed by atoms with Crippen molar-refractivity contribution in [2.24, 2.45) is 0 Å². The average Bonchev–Trinajstić information content (AvgIpc) is 2.68. The molecule has 0 aliphatic heterocycles. The highest BCUT2D eigenvalue weighted by Crippen LogP contribution is 2.35. The van der Waals surface area contributed by atoms with E-state index in [4.69, 9.17) is 9.84 Å². The van der Waals surface area contributed by atoms with Crippen LogP contribution >= 0.6 is 21.6 Å². The summed E-state index contributed by atoms with van der Waals surface area (Å²) >= 11 is 0. The number of nitrogens with one attached hydrogen (secondary N) is 3. The molecule has 0 spiro atoms. The van der Waals surface area contributed by atoms with Crippen molar-refractivity contribution in [3.63, 3.8) is 0 Å². The number of esters is 1. The second-order valence-electron chi connectivity index (χ2n) is 7.99. The van der Waals surface area contributed by atoms with Gasteiger partial charge in [-0.05, 0) is 6.92 Å². The summed E-state index contributed by atoms with van der Waals surface area (Å²) in [7, 11) is 4.22. The first kappa shape index (κ1) is 30.5. The highest BCUT2D eigenvalue weighted by Gasteiger charge is 2.27. The first-order valence-electron chi connectivity index (χ1n) is 9.89. The van der Waals surface area contributed by atoms with Gasteiger partial charge in [0.1, 0.15) is 18.6 Å². The third-order valence-corrected chi connectivity index (χ3v) is 6.88. The quantitative estimate of drug-likeness (QED) is 0.186. The van der Waals surface area contributed by atoms with Crippen molar-refractivity contribution in [3.05, 3.63) is 0 Å². The highest BCUT2D eigenvalue weighted by molar-refractivity contribution is 8.77. The van der Waals surface area contributed by atoms with Crippen molar-refractivity contribution in [2.45, 2.75) is 51.4 Å². The van der Waals surface area contributed by atoms with Crippen LogP contribution in [0, 0.1) is 0 Å². The van der Waals surface area contributed by atoms with Crippen LogP contribution in [-0.4, -0.2) is 94.9 Å². The van der Waals surface area contributed by atoms with Gasteiger partial charge >= 0.3 is 11.9 Å². The fourth-order valence-electron chi connectivity index (χ4n) is 1.98. The van der Waals surface area contributed by atoms with Crippen molar-refractivity contribution in [1.29, 1.82) is 0 Å². The van der Waals surface area contributed by atoms with Gasteiger partial charge in [0, 0.05) is 24.5 Å². The molecule has 0 aromatic carbocycles. The molecular formula is C19H32N4O8S2. The largest absolute Gasteiger partial charge is 0.480 e. The summed E-state index contributed by atoms with van der Waals surface area (Å²) < 4.78 is 4.68. The maximum absolute atomic E-state index is 12.8. The van der Waals surface area contributed by atoms with Crippen molar-refractivity contribution >= 4 is 57.2 Å². The number of carbonyl (C=O) groups is 6. The van der Waals surface area contributed by atoms with Crippen molar-refractivity contribution in [1.82, 2.24) is 20.9 Å². The molecule has 188 valence electrons. The normalized spacial score (nSPS) is 12.7. The zero-order valence-corrected chi connectivity index (χ0v) is 21.2. The third-order valence-electron chi connectivity index (χ3n) is 3.53. The standard InChI is InChI=1S/C19H32N4O8S2/c1-11(18(29)30)21-15(26)9-31-16(27)8-23(6)17(28)13(10-32-33-19(3,4)5)22-14(25)7-20-12(2)24/h11,13H,7-10H2,1-6H3,(H,20,24)(H,21,26)(H,22,25)(H,29,30). The number of nitrogens with zero attached hydrogens (tertiary/aromatic N) is 1. The third kappa shape index (κ3) is 15.1. The number of amides is 4. The van der Waals surface area contributed by atoms with E-state index in [-0.39, 0.29) is 17.0 Å². The molecular weight excluding hydrogens is 476 g/mol. The van der Waals surface area contributed by atoms with Gasteiger partial charge in [0.05, 0.1) is 6.54 Å². The number of carbonyl (C=O) groups excluding carboxylic acids is 5. The molecule has 14 heteroatoms. The lowest BCUT2D eigenvalue weighted by atomic mass is 10.3. The molecule has 4 N–H and O–H groups in total. The Bertz CT molecular complexity index is 742. The van der Waals surface area contributed by atoms with Crippen LogP contribution in [0.1, 0.15) is 34.6 Å². The molecule has 0 radical (unpaired) electrons. The minimum atomic E-state index is -1.24. The van der Waals surface area contributed by atoms with Crippen molar-refractivity contribution in [3.8, 4) is 0 Å². The zero-order chi connectivity index (χ0) is 25.8. The molecule has 33 heavy (non-hydrogen) atoms. The van der Waals surface area contributed by atoms with E-state index in [2.05, 4.69) is 16.0 Å². The Morgan fingerprint density at radius 2 is 1.67 bits per heavy atom. The average molecular weight is 509 g/mol. The Hall–Kier alpha value is -2.48. The van der Waals surface area contributed by atoms with E-state index in [1.807, 2.05) is 20.8 Å². The molecule has 2 unspecified atom stereocenters. The molecule has 12 nitrogen and oxygen atoms in total. The Labute approximate surface area is 200 Å². The first-order valence-corrected chi connectivity index (χ1v) is 12.2. The van der Waals surface area contributed by atoms with E-state index in [0.717, 1.165) is 4.90 Å². The number of carboxylic acids is 1. The molecule has 0 aromatic heterocycles. The zero-order valence-electron chi connectivity index (χ0n) is 19.6. The van der Waals surface area contributed by atoms with Crippen LogP contribution in [0.4, 0.5) is 0 Å². The lowest BCUT2D eigenvalue weighted by molar-refractivity contribution is -0.152. The summed E-state index contributed by atoms with van der Waals surface area (Å²) in [5, 5.41) is 15.8. The molecule has 0 aliphatic rings. The summed E-state index contributed by atoms with van der Waals surface area (Å²) in [6, 6.07) is -2.12. The Kier molecular flexibility index (Phi) is 13.5. The maximum atomic E-state index is 12.8. The van der Waals surface area contributed by atoms with Gasteiger partial charge in [-0.15, -0.1) is 0 Å². The number of carboxylic acid groups (broad SMARTS) is 1. The summed E-state index contributed by atoms with van der Waals surface area (Å²) in [6.07, 6.45) is 0. The second-order valence-corrected chi connectivity index (χ2v) is 11.2. The lowest BCUT2D eigenvalue weighted by Crippen LogP contribution is -2.52. The Balaban J connectivity index is 4.89. The van der Waals surface area contributed by atoms with Crippen LogP contribution in [0.5, 0.6) is 0 Å². The Morgan fingerprint density at radius 3 is 2.18 bits per heavy atom. The predicted octanol–water partition coefficient (Wildman–Crippen LogP) is -0.622. The summed E-state index contributed by atoms with van der Waals surface area (Å²) in [5.41, 5.74) is 0. The maximum Gasteiger partial charge on any atom is 0.326 e. The fraction of sp³-hybridized carbons (Fsp3) is 0.684. The molecule has 4 amide bonds. The van der Waals surface area contributed by atoms with Crippen LogP contribution in [-0.2, 0) is 33.5 Å². The van der Waals surface area contributed by atoms with E-state index in [0.29, 0.717) is 0 Å². The van der Waals surface area contributed by atoms with Gasteiger partial charge in [-0.3, -0.25) is 28.8 Å². The summed E-state index contributed by atoms with van der Waals surface area (Å²) in [4.78, 5) is 71.3. The highest BCUT2D eigenvalue weighted by atomic mass is 33.1. The second kappa shape index (κ2) is 14.6. The van der Waals surface area contributed by atoms with E-state index >= 15 is 0 Å².